The van der Waals surface area contributed by atoms with Gasteiger partial charge in [-0.25, -0.2) is 4.98 Å². The largest absolute Gasteiger partial charge is 0.376 e. The lowest BCUT2D eigenvalue weighted by Crippen LogP contribution is -2.36. The van der Waals surface area contributed by atoms with Crippen molar-refractivity contribution < 1.29 is 19.1 Å². The first kappa shape index (κ1) is 21.9. The predicted octanol–water partition coefficient (Wildman–Crippen LogP) is 3.93. The fourth-order valence-electron chi connectivity index (χ4n) is 4.12. The summed E-state index contributed by atoms with van der Waals surface area (Å²) < 4.78 is 5.57. The maximum Gasteiger partial charge on any atom is 0.261 e. The van der Waals surface area contributed by atoms with Crippen LogP contribution < -0.4 is 5.32 Å². The SMILES string of the molecule is Cc1nc(-c2ccc(CCNC(=O)c3ccc4c(c3)C(=O)N(CC3CCCO3)C4=O)s2)cs1. The summed E-state index contributed by atoms with van der Waals surface area (Å²) in [6, 6.07) is 8.81. The standard InChI is InChI=1S/C24H23N3O4S2/c1-14-26-20(13-32-14)21-7-5-17(33-21)8-9-25-22(28)15-4-6-18-19(11-15)24(30)27(23(18)29)12-16-3-2-10-31-16/h4-7,11,13,16H,2-3,8-10,12H2,1H3,(H,25,28). The van der Waals surface area contributed by atoms with Gasteiger partial charge in [-0.05, 0) is 56.5 Å². The van der Waals surface area contributed by atoms with Gasteiger partial charge in [0, 0.05) is 29.0 Å². The molecule has 2 aliphatic rings. The van der Waals surface area contributed by atoms with E-state index < -0.39 is 0 Å². The summed E-state index contributed by atoms with van der Waals surface area (Å²) in [6.07, 6.45) is 2.38. The third-order valence-electron chi connectivity index (χ3n) is 5.83. The number of fused-ring (bicyclic) bond motifs is 1. The van der Waals surface area contributed by atoms with E-state index in [2.05, 4.69) is 27.8 Å². The Morgan fingerprint density at radius 2 is 2.06 bits per heavy atom. The number of nitrogens with zero attached hydrogens (tertiary/aromatic N) is 2. The molecule has 3 amide bonds. The number of aromatic nitrogens is 1. The van der Waals surface area contributed by atoms with Crippen molar-refractivity contribution in [3.05, 3.63) is 62.3 Å². The molecule has 1 atom stereocenters. The van der Waals surface area contributed by atoms with E-state index in [1.54, 1.807) is 34.8 Å². The highest BCUT2D eigenvalue weighted by atomic mass is 32.1. The molecule has 2 aromatic heterocycles. The summed E-state index contributed by atoms with van der Waals surface area (Å²) in [5.74, 6) is -0.938. The van der Waals surface area contributed by atoms with E-state index in [1.165, 1.54) is 11.0 Å². The quantitative estimate of drug-likeness (QED) is 0.517. The van der Waals surface area contributed by atoms with E-state index >= 15 is 0 Å². The highest BCUT2D eigenvalue weighted by Gasteiger charge is 2.37. The molecule has 0 aliphatic carbocycles. The van der Waals surface area contributed by atoms with Gasteiger partial charge in [0.25, 0.3) is 17.7 Å². The number of hydrogen-bond donors (Lipinski definition) is 1. The molecule has 7 nitrogen and oxygen atoms in total. The van der Waals surface area contributed by atoms with Gasteiger partial charge in [-0.1, -0.05) is 0 Å². The molecule has 33 heavy (non-hydrogen) atoms. The first-order valence-corrected chi connectivity index (χ1v) is 12.6. The fraction of sp³-hybridized carbons (Fsp3) is 0.333. The molecule has 3 aromatic rings. The molecule has 1 fully saturated rings. The molecule has 2 aliphatic heterocycles. The van der Waals surface area contributed by atoms with Crippen LogP contribution in [0.1, 0.15) is 53.8 Å². The number of thiophene rings is 1. The van der Waals surface area contributed by atoms with Crippen LogP contribution in [0.4, 0.5) is 0 Å². The average Bonchev–Trinajstić information content (AvgIpc) is 3.60. The number of nitrogens with one attached hydrogen (secondary N) is 1. The molecule has 170 valence electrons. The Bertz CT molecular complexity index is 1230. The fourth-order valence-corrected chi connectivity index (χ4v) is 5.77. The average molecular weight is 482 g/mol. The molecule has 0 spiro atoms. The summed E-state index contributed by atoms with van der Waals surface area (Å²) in [7, 11) is 0. The van der Waals surface area contributed by atoms with Gasteiger partial charge in [-0.3, -0.25) is 19.3 Å². The first-order valence-electron chi connectivity index (χ1n) is 10.9. The molecule has 1 N–H and O–H groups in total. The van der Waals surface area contributed by atoms with Crippen LogP contribution in [0, 0.1) is 6.92 Å². The van der Waals surface area contributed by atoms with Crippen LogP contribution in [0.2, 0.25) is 0 Å². The Labute approximate surface area is 199 Å². The molecular formula is C24H23N3O4S2. The Morgan fingerprint density at radius 1 is 1.21 bits per heavy atom. The van der Waals surface area contributed by atoms with Crippen molar-refractivity contribution >= 4 is 40.4 Å². The monoisotopic (exact) mass is 481 g/mol. The molecule has 0 saturated carbocycles. The van der Waals surface area contributed by atoms with Gasteiger partial charge < -0.3 is 10.1 Å². The Morgan fingerprint density at radius 3 is 2.82 bits per heavy atom. The van der Waals surface area contributed by atoms with Gasteiger partial charge in [0.2, 0.25) is 0 Å². The zero-order valence-corrected chi connectivity index (χ0v) is 19.8. The van der Waals surface area contributed by atoms with Crippen LogP contribution in [-0.2, 0) is 11.2 Å². The second-order valence-corrected chi connectivity index (χ2v) is 10.4. The lowest BCUT2D eigenvalue weighted by atomic mass is 10.1. The van der Waals surface area contributed by atoms with Crippen LogP contribution in [0.3, 0.4) is 0 Å². The highest BCUT2D eigenvalue weighted by molar-refractivity contribution is 7.16. The summed E-state index contributed by atoms with van der Waals surface area (Å²) in [5.41, 5.74) is 1.99. The maximum atomic E-state index is 12.8. The number of ether oxygens (including phenoxy) is 1. The van der Waals surface area contributed by atoms with Crippen molar-refractivity contribution in [2.45, 2.75) is 32.3 Å². The van der Waals surface area contributed by atoms with Gasteiger partial charge in [-0.2, -0.15) is 0 Å². The summed E-state index contributed by atoms with van der Waals surface area (Å²) >= 11 is 3.30. The zero-order chi connectivity index (χ0) is 22.9. The van der Waals surface area contributed by atoms with Crippen molar-refractivity contribution in [3.63, 3.8) is 0 Å². The Kier molecular flexibility index (Phi) is 6.09. The third-order valence-corrected chi connectivity index (χ3v) is 7.77. The van der Waals surface area contributed by atoms with Crippen molar-refractivity contribution in [2.75, 3.05) is 19.7 Å². The molecule has 1 saturated heterocycles. The van der Waals surface area contributed by atoms with Gasteiger partial charge in [0.15, 0.2) is 0 Å². The molecule has 5 rings (SSSR count). The molecule has 4 heterocycles. The van der Waals surface area contributed by atoms with E-state index in [1.807, 2.05) is 6.92 Å². The molecule has 0 radical (unpaired) electrons. The smallest absolute Gasteiger partial charge is 0.261 e. The van der Waals surface area contributed by atoms with Crippen molar-refractivity contribution in [2.24, 2.45) is 0 Å². The zero-order valence-electron chi connectivity index (χ0n) is 18.1. The van der Waals surface area contributed by atoms with Gasteiger partial charge in [-0.15, -0.1) is 22.7 Å². The van der Waals surface area contributed by atoms with Crippen LogP contribution in [0.25, 0.3) is 10.6 Å². The van der Waals surface area contributed by atoms with Crippen molar-refractivity contribution in [1.29, 1.82) is 0 Å². The Hall–Kier alpha value is -2.88. The minimum absolute atomic E-state index is 0.104. The number of thiazole rings is 1. The summed E-state index contributed by atoms with van der Waals surface area (Å²) in [6.45, 7) is 3.39. The minimum Gasteiger partial charge on any atom is -0.376 e. The number of hydrogen-bond acceptors (Lipinski definition) is 7. The number of amides is 3. The van der Waals surface area contributed by atoms with E-state index in [4.69, 9.17) is 4.74 Å². The second kappa shape index (κ2) is 9.17. The van der Waals surface area contributed by atoms with E-state index in [9.17, 15) is 14.4 Å². The molecule has 1 unspecified atom stereocenters. The number of benzene rings is 1. The summed E-state index contributed by atoms with van der Waals surface area (Å²) in [4.78, 5) is 46.2. The molecule has 9 heteroatoms. The summed E-state index contributed by atoms with van der Waals surface area (Å²) in [5, 5.41) is 6.00. The normalized spacial score (nSPS) is 17.6. The van der Waals surface area contributed by atoms with Gasteiger partial charge >= 0.3 is 0 Å². The minimum atomic E-state index is -0.358. The van der Waals surface area contributed by atoms with E-state index in [0.29, 0.717) is 30.7 Å². The molecule has 0 bridgehead atoms. The van der Waals surface area contributed by atoms with Crippen LogP contribution in [-0.4, -0.2) is 53.4 Å². The van der Waals surface area contributed by atoms with Crippen molar-refractivity contribution in [1.82, 2.24) is 15.2 Å². The number of carbonyl (C=O) groups excluding carboxylic acids is 3. The lowest BCUT2D eigenvalue weighted by molar-refractivity contribution is 0.0475. The number of rotatable bonds is 7. The van der Waals surface area contributed by atoms with E-state index in [0.717, 1.165) is 33.3 Å². The molecular weight excluding hydrogens is 458 g/mol. The van der Waals surface area contributed by atoms with Crippen LogP contribution in [0.5, 0.6) is 0 Å². The predicted molar refractivity (Wildman–Crippen MR) is 127 cm³/mol. The second-order valence-electron chi connectivity index (χ2n) is 8.14. The van der Waals surface area contributed by atoms with Gasteiger partial charge in [0.05, 0.1) is 39.4 Å². The maximum absolute atomic E-state index is 12.8. The first-order chi connectivity index (χ1) is 16.0. The lowest BCUT2D eigenvalue weighted by Gasteiger charge is -2.17. The van der Waals surface area contributed by atoms with Crippen LogP contribution in [0.15, 0.2) is 35.7 Å². The number of aryl methyl sites for hydroxylation is 1. The third kappa shape index (κ3) is 4.48. The highest BCUT2D eigenvalue weighted by Crippen LogP contribution is 2.29. The van der Waals surface area contributed by atoms with Crippen molar-refractivity contribution in [3.8, 4) is 10.6 Å². The Balaban J connectivity index is 1.19. The molecule has 1 aromatic carbocycles. The van der Waals surface area contributed by atoms with Crippen LogP contribution >= 0.6 is 22.7 Å². The van der Waals surface area contributed by atoms with E-state index in [-0.39, 0.29) is 35.9 Å². The van der Waals surface area contributed by atoms with Gasteiger partial charge in [0.1, 0.15) is 0 Å². The number of imide groups is 1. The topological polar surface area (TPSA) is 88.6 Å². The number of carbonyl (C=O) groups is 3.